The van der Waals surface area contributed by atoms with E-state index in [0.29, 0.717) is 22.8 Å². The van der Waals surface area contributed by atoms with Crippen molar-refractivity contribution in [3.8, 4) is 0 Å². The maximum absolute atomic E-state index is 11.4. The van der Waals surface area contributed by atoms with Crippen molar-refractivity contribution in [1.82, 2.24) is 0 Å². The summed E-state index contributed by atoms with van der Waals surface area (Å²) in [6.45, 7) is 1.80. The number of halogens is 1. The molecule has 0 amide bonds. The summed E-state index contributed by atoms with van der Waals surface area (Å²) in [7, 11) is -3.26. The number of anilines is 2. The third kappa shape index (κ3) is 3.60. The number of hydrogen-bond donors (Lipinski definition) is 2. The second kappa shape index (κ2) is 4.72. The van der Waals surface area contributed by atoms with Gasteiger partial charge in [-0.2, -0.15) is 0 Å². The molecule has 0 bridgehead atoms. The second-order valence-corrected chi connectivity index (χ2v) is 5.41. The van der Waals surface area contributed by atoms with Crippen LogP contribution in [0, 0.1) is 0 Å². The van der Waals surface area contributed by atoms with Crippen LogP contribution in [0.15, 0.2) is 18.2 Å². The average molecular weight is 249 g/mol. The van der Waals surface area contributed by atoms with Crippen LogP contribution >= 0.6 is 11.6 Å². The van der Waals surface area contributed by atoms with Crippen LogP contribution in [0.4, 0.5) is 11.4 Å². The van der Waals surface area contributed by atoms with E-state index in [1.54, 1.807) is 19.1 Å². The van der Waals surface area contributed by atoms with E-state index < -0.39 is 10.0 Å². The van der Waals surface area contributed by atoms with Crippen molar-refractivity contribution in [3.63, 3.8) is 0 Å². The number of benzene rings is 1. The fraction of sp³-hybridized carbons (Fsp3) is 0.333. The average Bonchev–Trinajstić information content (AvgIpc) is 2.10. The summed E-state index contributed by atoms with van der Waals surface area (Å²) in [6, 6.07) is 4.63. The molecule has 0 unspecified atom stereocenters. The van der Waals surface area contributed by atoms with Gasteiger partial charge in [0.25, 0.3) is 0 Å². The van der Waals surface area contributed by atoms with Gasteiger partial charge in [-0.05, 0) is 24.6 Å². The van der Waals surface area contributed by atoms with Gasteiger partial charge in [-0.1, -0.05) is 18.5 Å². The van der Waals surface area contributed by atoms with Gasteiger partial charge in [0.05, 0.1) is 22.2 Å². The molecule has 15 heavy (non-hydrogen) atoms. The van der Waals surface area contributed by atoms with E-state index in [-0.39, 0.29) is 5.75 Å². The molecule has 1 rings (SSSR count). The zero-order chi connectivity index (χ0) is 11.5. The summed E-state index contributed by atoms with van der Waals surface area (Å²) in [5.74, 6) is 0.0928. The monoisotopic (exact) mass is 248 g/mol. The van der Waals surface area contributed by atoms with E-state index in [2.05, 4.69) is 4.72 Å². The molecule has 1 aromatic carbocycles. The quantitative estimate of drug-likeness (QED) is 0.802. The smallest absolute Gasteiger partial charge is 0.232 e. The Balaban J connectivity index is 2.86. The predicted octanol–water partition coefficient (Wildman–Crippen LogP) is 2.07. The Morgan fingerprint density at radius 2 is 2.13 bits per heavy atom. The number of nitrogen functional groups attached to an aromatic ring is 1. The van der Waals surface area contributed by atoms with Crippen LogP contribution in [0.25, 0.3) is 0 Å². The summed E-state index contributed by atoms with van der Waals surface area (Å²) < 4.78 is 25.2. The zero-order valence-electron chi connectivity index (χ0n) is 8.33. The van der Waals surface area contributed by atoms with Gasteiger partial charge in [-0.25, -0.2) is 8.42 Å². The van der Waals surface area contributed by atoms with Gasteiger partial charge < -0.3 is 5.73 Å². The topological polar surface area (TPSA) is 72.2 Å². The standard InChI is InChI=1S/C9H13ClN2O2S/c1-2-5-15(13,14)12-7-3-4-8(10)9(11)6-7/h3-4,6,12H,2,5,11H2,1H3. The van der Waals surface area contributed by atoms with E-state index in [0.717, 1.165) is 0 Å². The normalized spacial score (nSPS) is 11.3. The van der Waals surface area contributed by atoms with E-state index in [1.165, 1.54) is 6.07 Å². The Hall–Kier alpha value is -0.940. The highest BCUT2D eigenvalue weighted by atomic mass is 35.5. The summed E-state index contributed by atoms with van der Waals surface area (Å²) in [4.78, 5) is 0. The van der Waals surface area contributed by atoms with E-state index in [9.17, 15) is 8.42 Å². The third-order valence-electron chi connectivity index (χ3n) is 1.74. The zero-order valence-corrected chi connectivity index (χ0v) is 9.90. The van der Waals surface area contributed by atoms with Gasteiger partial charge in [0.15, 0.2) is 0 Å². The summed E-state index contributed by atoms with van der Waals surface area (Å²) in [6.07, 6.45) is 0.568. The molecule has 0 spiro atoms. The number of nitrogens with one attached hydrogen (secondary N) is 1. The van der Waals surface area contributed by atoms with E-state index in [1.807, 2.05) is 0 Å². The largest absolute Gasteiger partial charge is 0.397 e. The number of nitrogens with two attached hydrogens (primary N) is 1. The van der Waals surface area contributed by atoms with Crippen molar-refractivity contribution in [2.45, 2.75) is 13.3 Å². The lowest BCUT2D eigenvalue weighted by atomic mass is 10.3. The van der Waals surface area contributed by atoms with Crippen LogP contribution in [-0.4, -0.2) is 14.2 Å². The molecule has 0 aliphatic heterocycles. The molecule has 0 radical (unpaired) electrons. The summed E-state index contributed by atoms with van der Waals surface area (Å²) >= 11 is 5.71. The molecule has 0 saturated carbocycles. The second-order valence-electron chi connectivity index (χ2n) is 3.16. The first-order valence-corrected chi connectivity index (χ1v) is 6.53. The molecule has 6 heteroatoms. The van der Waals surface area contributed by atoms with E-state index >= 15 is 0 Å². The maximum atomic E-state index is 11.4. The number of sulfonamides is 1. The Kier molecular flexibility index (Phi) is 3.82. The first kappa shape index (κ1) is 12.1. The van der Waals surface area contributed by atoms with Crippen molar-refractivity contribution in [2.24, 2.45) is 0 Å². The van der Waals surface area contributed by atoms with Gasteiger partial charge in [0.1, 0.15) is 0 Å². The summed E-state index contributed by atoms with van der Waals surface area (Å²) in [5, 5.41) is 0.411. The van der Waals surface area contributed by atoms with Gasteiger partial charge in [-0.15, -0.1) is 0 Å². The first-order chi connectivity index (χ1) is 6.94. The van der Waals surface area contributed by atoms with Gasteiger partial charge in [0.2, 0.25) is 10.0 Å². The van der Waals surface area contributed by atoms with Crippen molar-refractivity contribution in [3.05, 3.63) is 23.2 Å². The molecule has 1 aromatic rings. The number of hydrogen-bond acceptors (Lipinski definition) is 3. The molecule has 0 aliphatic carbocycles. The lowest BCUT2D eigenvalue weighted by Crippen LogP contribution is -2.16. The number of rotatable bonds is 4. The van der Waals surface area contributed by atoms with Gasteiger partial charge >= 0.3 is 0 Å². The van der Waals surface area contributed by atoms with Crippen molar-refractivity contribution < 1.29 is 8.42 Å². The Labute approximate surface area is 94.5 Å². The Morgan fingerprint density at radius 3 is 2.67 bits per heavy atom. The lowest BCUT2D eigenvalue weighted by Gasteiger charge is -2.07. The van der Waals surface area contributed by atoms with Gasteiger partial charge in [-0.3, -0.25) is 4.72 Å². The lowest BCUT2D eigenvalue weighted by molar-refractivity contribution is 0.600. The van der Waals surface area contributed by atoms with E-state index in [4.69, 9.17) is 17.3 Å². The Morgan fingerprint density at radius 1 is 1.47 bits per heavy atom. The van der Waals surface area contributed by atoms with Crippen LogP contribution in [0.1, 0.15) is 13.3 Å². The molecule has 0 saturated heterocycles. The van der Waals surface area contributed by atoms with Crippen LogP contribution in [-0.2, 0) is 10.0 Å². The minimum absolute atomic E-state index is 0.0928. The molecule has 84 valence electrons. The van der Waals surface area contributed by atoms with Crippen LogP contribution in [0.3, 0.4) is 0 Å². The minimum Gasteiger partial charge on any atom is -0.397 e. The molecule has 3 N–H and O–H groups in total. The maximum Gasteiger partial charge on any atom is 0.232 e. The molecule has 0 aliphatic rings. The summed E-state index contributed by atoms with van der Waals surface area (Å²) in [5.41, 5.74) is 6.34. The van der Waals surface area contributed by atoms with Crippen molar-refractivity contribution >= 4 is 33.0 Å². The van der Waals surface area contributed by atoms with Gasteiger partial charge in [0, 0.05) is 0 Å². The SMILES string of the molecule is CCCS(=O)(=O)Nc1ccc(Cl)c(N)c1. The molecule has 0 fully saturated rings. The third-order valence-corrected chi connectivity index (χ3v) is 3.58. The fourth-order valence-corrected chi connectivity index (χ4v) is 2.35. The van der Waals surface area contributed by atoms with Crippen LogP contribution < -0.4 is 10.5 Å². The highest BCUT2D eigenvalue weighted by molar-refractivity contribution is 7.92. The predicted molar refractivity (Wildman–Crippen MR) is 63.6 cm³/mol. The fourth-order valence-electron chi connectivity index (χ4n) is 1.11. The molecule has 0 atom stereocenters. The molecule has 4 nitrogen and oxygen atoms in total. The highest BCUT2D eigenvalue weighted by Crippen LogP contribution is 2.22. The van der Waals surface area contributed by atoms with Crippen molar-refractivity contribution in [2.75, 3.05) is 16.2 Å². The molecule has 0 heterocycles. The van der Waals surface area contributed by atoms with Crippen molar-refractivity contribution in [1.29, 1.82) is 0 Å². The first-order valence-electron chi connectivity index (χ1n) is 4.50. The molecular weight excluding hydrogens is 236 g/mol. The van der Waals surface area contributed by atoms with Crippen LogP contribution in [0.2, 0.25) is 5.02 Å². The minimum atomic E-state index is -3.26. The van der Waals surface area contributed by atoms with Crippen LogP contribution in [0.5, 0.6) is 0 Å². The molecular formula is C9H13ClN2O2S. The molecule has 0 aromatic heterocycles. The highest BCUT2D eigenvalue weighted by Gasteiger charge is 2.09. The Bertz CT molecular complexity index is 445.